The van der Waals surface area contributed by atoms with Crippen LogP contribution in [0.3, 0.4) is 0 Å². The van der Waals surface area contributed by atoms with E-state index in [1.54, 1.807) is 0 Å². The van der Waals surface area contributed by atoms with Gasteiger partial charge in [0.25, 0.3) is 0 Å². The van der Waals surface area contributed by atoms with E-state index in [1.807, 2.05) is 6.92 Å². The van der Waals surface area contributed by atoms with E-state index in [0.717, 1.165) is 44.9 Å². The van der Waals surface area contributed by atoms with Crippen molar-refractivity contribution in [3.63, 3.8) is 0 Å². The number of carbonyl (C=O) groups excluding carboxylic acids is 2. The van der Waals surface area contributed by atoms with E-state index < -0.39 is 11.9 Å². The molecule has 0 aromatic rings. The standard InChI is InChI=1S/C14H28N2O3/c1-12(16)8-5-6-10-14(18)19-13(17)9-4-2-3-7-11-15/h12H,2-11,15-16H2,1H3. The van der Waals surface area contributed by atoms with Crippen LogP contribution in [0.5, 0.6) is 0 Å². The van der Waals surface area contributed by atoms with Crippen molar-refractivity contribution in [1.29, 1.82) is 0 Å². The van der Waals surface area contributed by atoms with E-state index in [2.05, 4.69) is 0 Å². The van der Waals surface area contributed by atoms with E-state index in [4.69, 9.17) is 16.2 Å². The van der Waals surface area contributed by atoms with Crippen LogP contribution in [-0.2, 0) is 14.3 Å². The highest BCUT2D eigenvalue weighted by Crippen LogP contribution is 2.06. The quantitative estimate of drug-likeness (QED) is 0.340. The molecule has 0 heterocycles. The van der Waals surface area contributed by atoms with Gasteiger partial charge < -0.3 is 16.2 Å². The zero-order valence-electron chi connectivity index (χ0n) is 12.0. The van der Waals surface area contributed by atoms with Gasteiger partial charge in [0.2, 0.25) is 0 Å². The topological polar surface area (TPSA) is 95.4 Å². The molecule has 0 aliphatic rings. The first-order valence-electron chi connectivity index (χ1n) is 7.25. The number of rotatable bonds is 11. The Kier molecular flexibility index (Phi) is 11.5. The molecule has 0 radical (unpaired) electrons. The van der Waals surface area contributed by atoms with Gasteiger partial charge in [-0.2, -0.15) is 0 Å². The number of carbonyl (C=O) groups is 2. The summed E-state index contributed by atoms with van der Waals surface area (Å²) in [5.41, 5.74) is 11.0. The number of nitrogens with two attached hydrogens (primary N) is 2. The summed E-state index contributed by atoms with van der Waals surface area (Å²) in [6.07, 6.45) is 6.84. The summed E-state index contributed by atoms with van der Waals surface area (Å²) in [5.74, 6) is -0.832. The van der Waals surface area contributed by atoms with Gasteiger partial charge in [-0.1, -0.05) is 19.3 Å². The lowest BCUT2D eigenvalue weighted by molar-refractivity contribution is -0.159. The minimum absolute atomic E-state index is 0.158. The molecule has 1 atom stereocenters. The van der Waals surface area contributed by atoms with Crippen molar-refractivity contribution >= 4 is 11.9 Å². The van der Waals surface area contributed by atoms with Gasteiger partial charge in [0, 0.05) is 18.9 Å². The molecule has 0 rings (SSSR count). The van der Waals surface area contributed by atoms with Crippen LogP contribution >= 0.6 is 0 Å². The molecular weight excluding hydrogens is 244 g/mol. The fraction of sp³-hybridized carbons (Fsp3) is 0.857. The molecule has 112 valence electrons. The van der Waals surface area contributed by atoms with Gasteiger partial charge >= 0.3 is 11.9 Å². The molecule has 0 amide bonds. The summed E-state index contributed by atoms with van der Waals surface area (Å²) in [5, 5.41) is 0. The normalized spacial score (nSPS) is 12.2. The molecule has 0 aliphatic carbocycles. The van der Waals surface area contributed by atoms with Gasteiger partial charge in [-0.05, 0) is 39.2 Å². The lowest BCUT2D eigenvalue weighted by Gasteiger charge is -2.05. The van der Waals surface area contributed by atoms with Gasteiger partial charge in [-0.15, -0.1) is 0 Å². The van der Waals surface area contributed by atoms with E-state index in [0.29, 0.717) is 19.4 Å². The second-order valence-corrected chi connectivity index (χ2v) is 5.02. The fourth-order valence-electron chi connectivity index (χ4n) is 1.73. The lowest BCUT2D eigenvalue weighted by atomic mass is 10.1. The number of ether oxygens (including phenoxy) is 1. The minimum Gasteiger partial charge on any atom is -0.393 e. The molecule has 0 saturated carbocycles. The Bertz CT molecular complexity index is 255. The molecule has 0 aromatic carbocycles. The number of esters is 2. The van der Waals surface area contributed by atoms with Gasteiger partial charge in [0.15, 0.2) is 0 Å². The zero-order chi connectivity index (χ0) is 14.5. The van der Waals surface area contributed by atoms with Crippen molar-refractivity contribution in [2.75, 3.05) is 6.54 Å². The van der Waals surface area contributed by atoms with Crippen LogP contribution < -0.4 is 11.5 Å². The Hall–Kier alpha value is -0.940. The molecule has 1 unspecified atom stereocenters. The van der Waals surface area contributed by atoms with Crippen LogP contribution in [0.25, 0.3) is 0 Å². The second-order valence-electron chi connectivity index (χ2n) is 5.02. The zero-order valence-corrected chi connectivity index (χ0v) is 12.0. The molecule has 5 heteroatoms. The van der Waals surface area contributed by atoms with Crippen LogP contribution in [0.1, 0.15) is 64.7 Å². The maximum absolute atomic E-state index is 11.3. The summed E-state index contributed by atoms with van der Waals surface area (Å²) in [6, 6.07) is 0.158. The Labute approximate surface area is 116 Å². The maximum Gasteiger partial charge on any atom is 0.313 e. The number of unbranched alkanes of at least 4 members (excludes halogenated alkanes) is 4. The SMILES string of the molecule is CC(N)CCCCC(=O)OC(=O)CCCCCCN. The average molecular weight is 272 g/mol. The molecule has 0 saturated heterocycles. The van der Waals surface area contributed by atoms with Crippen LogP contribution in [0.2, 0.25) is 0 Å². The Balaban J connectivity index is 3.45. The third kappa shape index (κ3) is 13.3. The third-order valence-corrected chi connectivity index (χ3v) is 2.85. The first-order chi connectivity index (χ1) is 9.06. The molecular formula is C14H28N2O3. The summed E-state index contributed by atoms with van der Waals surface area (Å²) < 4.78 is 4.73. The number of hydrogen-bond donors (Lipinski definition) is 2. The van der Waals surface area contributed by atoms with E-state index in [-0.39, 0.29) is 6.04 Å². The van der Waals surface area contributed by atoms with Crippen LogP contribution in [0.15, 0.2) is 0 Å². The lowest BCUT2D eigenvalue weighted by Crippen LogP contribution is -2.15. The Morgan fingerprint density at radius 1 is 0.947 bits per heavy atom. The smallest absolute Gasteiger partial charge is 0.313 e. The Morgan fingerprint density at radius 3 is 2.00 bits per heavy atom. The first-order valence-corrected chi connectivity index (χ1v) is 7.25. The highest BCUT2D eigenvalue weighted by atomic mass is 16.6. The molecule has 19 heavy (non-hydrogen) atoms. The fourth-order valence-corrected chi connectivity index (χ4v) is 1.73. The second kappa shape index (κ2) is 12.1. The van der Waals surface area contributed by atoms with Crippen LogP contribution in [0, 0.1) is 0 Å². The molecule has 0 spiro atoms. The highest BCUT2D eigenvalue weighted by molar-refractivity contribution is 5.85. The van der Waals surface area contributed by atoms with Crippen molar-refractivity contribution in [2.24, 2.45) is 11.5 Å². The Morgan fingerprint density at radius 2 is 1.47 bits per heavy atom. The molecule has 0 fully saturated rings. The van der Waals surface area contributed by atoms with E-state index >= 15 is 0 Å². The summed E-state index contributed by atoms with van der Waals surface area (Å²) >= 11 is 0. The van der Waals surface area contributed by atoms with Crippen LogP contribution in [0.4, 0.5) is 0 Å². The van der Waals surface area contributed by atoms with Crippen molar-refractivity contribution in [1.82, 2.24) is 0 Å². The summed E-state index contributed by atoms with van der Waals surface area (Å²) in [4.78, 5) is 22.7. The van der Waals surface area contributed by atoms with Gasteiger partial charge in [0.05, 0.1) is 0 Å². The van der Waals surface area contributed by atoms with Crippen molar-refractivity contribution in [3.8, 4) is 0 Å². The van der Waals surface area contributed by atoms with Crippen LogP contribution in [-0.4, -0.2) is 24.5 Å². The number of hydrogen-bond acceptors (Lipinski definition) is 5. The predicted molar refractivity (Wildman–Crippen MR) is 75.4 cm³/mol. The average Bonchev–Trinajstić information content (AvgIpc) is 2.34. The monoisotopic (exact) mass is 272 g/mol. The molecule has 0 aromatic heterocycles. The maximum atomic E-state index is 11.3. The van der Waals surface area contributed by atoms with Gasteiger partial charge in [0.1, 0.15) is 0 Å². The van der Waals surface area contributed by atoms with Crippen molar-refractivity contribution < 1.29 is 14.3 Å². The molecule has 0 bridgehead atoms. The van der Waals surface area contributed by atoms with E-state index in [9.17, 15) is 9.59 Å². The first kappa shape index (κ1) is 18.1. The van der Waals surface area contributed by atoms with Crippen molar-refractivity contribution in [2.45, 2.75) is 70.8 Å². The van der Waals surface area contributed by atoms with E-state index in [1.165, 1.54) is 0 Å². The largest absolute Gasteiger partial charge is 0.393 e. The van der Waals surface area contributed by atoms with Gasteiger partial charge in [-0.25, -0.2) is 0 Å². The summed E-state index contributed by atoms with van der Waals surface area (Å²) in [7, 11) is 0. The molecule has 0 aliphatic heterocycles. The van der Waals surface area contributed by atoms with Crippen molar-refractivity contribution in [3.05, 3.63) is 0 Å². The predicted octanol–water partition coefficient (Wildman–Crippen LogP) is 1.87. The molecule has 4 N–H and O–H groups in total. The highest BCUT2D eigenvalue weighted by Gasteiger charge is 2.09. The molecule has 5 nitrogen and oxygen atoms in total. The third-order valence-electron chi connectivity index (χ3n) is 2.85. The minimum atomic E-state index is -0.420. The summed E-state index contributed by atoms with van der Waals surface area (Å²) in [6.45, 7) is 2.62. The van der Waals surface area contributed by atoms with Gasteiger partial charge in [-0.3, -0.25) is 9.59 Å².